The molecule has 0 radical (unpaired) electrons. The van der Waals surface area contributed by atoms with Crippen LogP contribution in [0.15, 0.2) is 42.5 Å². The monoisotopic (exact) mass is 1580 g/mol. The van der Waals surface area contributed by atoms with Crippen molar-refractivity contribution in [1.29, 1.82) is 0 Å². The lowest BCUT2D eigenvalue weighted by Crippen LogP contribution is -2.60. The summed E-state index contributed by atoms with van der Waals surface area (Å²) in [4.78, 5) is 212. The molecule has 0 unspecified atom stereocenters. The molecule has 622 valence electrons. The number of likely N-dealkylation sites (tertiary alicyclic amines) is 1. The third-order valence-corrected chi connectivity index (χ3v) is 18.2. The van der Waals surface area contributed by atoms with Crippen molar-refractivity contribution in [2.45, 2.75) is 221 Å². The van der Waals surface area contributed by atoms with E-state index in [-0.39, 0.29) is 77.0 Å². The summed E-state index contributed by atoms with van der Waals surface area (Å²) in [6.07, 6.45) is -11.2. The first-order valence-corrected chi connectivity index (χ1v) is 36.4. The molecule has 3 rings (SSSR count). The van der Waals surface area contributed by atoms with Crippen LogP contribution in [0.3, 0.4) is 0 Å². The standard InChI is InChI=1S/C69H110N16O26/c1-5-35(2)54(73)67(107)78-36(3)59(99)74-27-11-15-39(29-38-13-7-6-8-14-38)60(100)81-42(19-18-40(30-71)110-69-58(98)57(97)56(96)47(34-86)111-69)62(102)76-32-49(89)79-44(21-24-52(92)93)64(104)82-43(20-23-48(72)88)63(103)77-33-51(91)85-28-12-17-46(85)66(106)83-41(16-9-10-26-70)61(101)75-31-50(90)80-45(22-25-53(94)95)65(105)84-55(37(4)87)68(108)109/h6-8,11,13-15,35-37,39-47,54-58,69,86-87,96-98H,5,9-10,12,16-34,70-71,73H2,1-4H3,(H2,72,88)(H,74,99)(H,75,101)(H,76,102)(H,77,103)(H,78,107)(H,79,89)(H,80,90)(H,81,100)(H,82,104)(H,83,106)(H,84,105)(H,92,93)(H,94,95)(H,108,109)/b15-11+/t35-,36-,37+,39-,40+,41-,42-,43-,44-,45-,46-,47+,54-,55-,56-,57-,58+,69+/m0/s1. The van der Waals surface area contributed by atoms with Gasteiger partial charge in [-0.3, -0.25) is 71.9 Å². The highest BCUT2D eigenvalue weighted by Gasteiger charge is 2.45. The molecule has 2 aliphatic rings. The first-order chi connectivity index (χ1) is 52.5. The van der Waals surface area contributed by atoms with Gasteiger partial charge in [-0.05, 0) is 103 Å². The van der Waals surface area contributed by atoms with Crippen LogP contribution in [0.2, 0.25) is 0 Å². The Morgan fingerprint density at radius 1 is 0.613 bits per heavy atom. The van der Waals surface area contributed by atoms with Crippen molar-refractivity contribution in [3.63, 3.8) is 0 Å². The highest BCUT2D eigenvalue weighted by molar-refractivity contribution is 5.98. The first-order valence-electron chi connectivity index (χ1n) is 36.4. The number of amides is 13. The highest BCUT2D eigenvalue weighted by Crippen LogP contribution is 2.25. The van der Waals surface area contributed by atoms with E-state index in [4.69, 9.17) is 32.4 Å². The fraction of sp³-hybridized carbons (Fsp3) is 0.652. The van der Waals surface area contributed by atoms with Gasteiger partial charge < -0.3 is 137 Å². The Bertz CT molecular complexity index is 3340. The van der Waals surface area contributed by atoms with E-state index in [1.165, 1.54) is 19.1 Å². The van der Waals surface area contributed by atoms with E-state index in [9.17, 15) is 118 Å². The number of aliphatic hydroxyl groups excluding tert-OH is 5. The number of carbonyl (C=O) groups excluding carboxylic acids is 13. The summed E-state index contributed by atoms with van der Waals surface area (Å²) in [6, 6.07) is -4.50. The number of benzene rings is 1. The van der Waals surface area contributed by atoms with Gasteiger partial charge in [0.05, 0.1) is 50.4 Å². The Morgan fingerprint density at radius 3 is 1.68 bits per heavy atom. The van der Waals surface area contributed by atoms with Crippen molar-refractivity contribution < 1.29 is 127 Å². The number of hydrogen-bond acceptors (Lipinski definition) is 26. The Labute approximate surface area is 639 Å². The van der Waals surface area contributed by atoms with E-state index in [0.29, 0.717) is 18.4 Å². The Balaban J connectivity index is 1.83. The number of carbonyl (C=O) groups is 16. The van der Waals surface area contributed by atoms with E-state index in [1.54, 1.807) is 37.3 Å². The molecule has 2 aliphatic heterocycles. The van der Waals surface area contributed by atoms with Crippen LogP contribution in [0.5, 0.6) is 0 Å². The van der Waals surface area contributed by atoms with E-state index in [0.717, 1.165) is 11.8 Å². The van der Waals surface area contributed by atoms with Crippen molar-refractivity contribution in [1.82, 2.24) is 63.4 Å². The summed E-state index contributed by atoms with van der Waals surface area (Å²) >= 11 is 0. The zero-order chi connectivity index (χ0) is 83.2. The lowest BCUT2D eigenvalue weighted by molar-refractivity contribution is -0.310. The van der Waals surface area contributed by atoms with Gasteiger partial charge >= 0.3 is 17.9 Å². The maximum Gasteiger partial charge on any atom is 0.328 e. The molecule has 13 amide bonds. The van der Waals surface area contributed by atoms with Crippen LogP contribution in [0.25, 0.3) is 0 Å². The molecule has 42 nitrogen and oxygen atoms in total. The lowest BCUT2D eigenvalue weighted by Gasteiger charge is -2.40. The summed E-state index contributed by atoms with van der Waals surface area (Å²) in [6.45, 7) is 2.34. The Morgan fingerprint density at radius 2 is 1.15 bits per heavy atom. The van der Waals surface area contributed by atoms with E-state index in [2.05, 4.69) is 53.2 Å². The number of ether oxygens (including phenoxy) is 2. The highest BCUT2D eigenvalue weighted by atomic mass is 16.7. The summed E-state index contributed by atoms with van der Waals surface area (Å²) in [5.74, 6) is -17.9. The van der Waals surface area contributed by atoms with Crippen LogP contribution in [0.1, 0.15) is 123 Å². The van der Waals surface area contributed by atoms with E-state index in [1.807, 2.05) is 12.2 Å². The average molecular weight is 1580 g/mol. The van der Waals surface area contributed by atoms with Gasteiger partial charge in [0, 0.05) is 38.9 Å². The average Bonchev–Trinajstić information content (AvgIpc) is 1.31. The minimum Gasteiger partial charge on any atom is -0.481 e. The smallest absolute Gasteiger partial charge is 0.328 e. The summed E-state index contributed by atoms with van der Waals surface area (Å²) in [5, 5.41) is 106. The number of aliphatic hydroxyl groups is 5. The Kier molecular flexibility index (Phi) is 42.4. The molecular weight excluding hydrogens is 1470 g/mol. The number of rotatable bonds is 51. The minimum atomic E-state index is -1.86. The molecule has 1 aromatic carbocycles. The summed E-state index contributed by atoms with van der Waals surface area (Å²) < 4.78 is 11.3. The van der Waals surface area contributed by atoms with Gasteiger partial charge in [-0.2, -0.15) is 0 Å². The molecule has 18 atom stereocenters. The van der Waals surface area contributed by atoms with Crippen LogP contribution in [0, 0.1) is 11.8 Å². The molecule has 0 bridgehead atoms. The number of carboxylic acids is 3. The number of nitrogens with one attached hydrogen (secondary N) is 11. The largest absolute Gasteiger partial charge is 0.481 e. The molecule has 42 heteroatoms. The lowest BCUT2D eigenvalue weighted by atomic mass is 9.96. The third kappa shape index (κ3) is 33.7. The molecule has 2 heterocycles. The maximum atomic E-state index is 14.5. The number of nitrogens with two attached hydrogens (primary N) is 4. The predicted molar refractivity (Wildman–Crippen MR) is 387 cm³/mol. The quantitative estimate of drug-likeness (QED) is 0.0213. The van der Waals surface area contributed by atoms with Crippen molar-refractivity contribution in [3.05, 3.63) is 48.0 Å². The molecule has 2 saturated heterocycles. The fourth-order valence-electron chi connectivity index (χ4n) is 11.4. The number of carboxylic acid groups (broad SMARTS) is 3. The van der Waals surface area contributed by atoms with Crippen molar-refractivity contribution in [3.8, 4) is 0 Å². The molecule has 0 aliphatic carbocycles. The van der Waals surface area contributed by atoms with Crippen LogP contribution in [-0.4, -0.2) is 290 Å². The second-order valence-corrected chi connectivity index (χ2v) is 26.9. The number of nitrogens with zero attached hydrogens (tertiary/aromatic N) is 1. The summed E-state index contributed by atoms with van der Waals surface area (Å²) in [5.41, 5.74) is 23.8. The van der Waals surface area contributed by atoms with Crippen molar-refractivity contribution >= 4 is 94.7 Å². The summed E-state index contributed by atoms with van der Waals surface area (Å²) in [7, 11) is 0. The van der Waals surface area contributed by atoms with E-state index >= 15 is 0 Å². The van der Waals surface area contributed by atoms with Crippen molar-refractivity contribution in [2.75, 3.05) is 52.4 Å². The normalized spacial score (nSPS) is 20.0. The number of hydrogen-bond donors (Lipinski definition) is 23. The zero-order valence-corrected chi connectivity index (χ0v) is 62.4. The molecular formula is C69H110N16O26. The number of unbranched alkanes of at least 4 members (excludes halogenated alkanes) is 1. The zero-order valence-electron chi connectivity index (χ0n) is 62.4. The second kappa shape index (κ2) is 49.4. The molecule has 0 aromatic heterocycles. The van der Waals surface area contributed by atoms with Crippen LogP contribution in [-0.2, 0) is 92.6 Å². The number of aliphatic carboxylic acids is 3. The van der Waals surface area contributed by atoms with Gasteiger partial charge in [0.15, 0.2) is 12.3 Å². The van der Waals surface area contributed by atoms with Gasteiger partial charge in [0.25, 0.3) is 0 Å². The maximum absolute atomic E-state index is 14.5. The predicted octanol–water partition coefficient (Wildman–Crippen LogP) is -8.84. The Hall–Kier alpha value is -9.92. The van der Waals surface area contributed by atoms with Crippen LogP contribution >= 0.6 is 0 Å². The molecule has 0 saturated carbocycles. The topological polar surface area (TPSA) is 693 Å². The molecule has 1 aromatic rings. The molecule has 27 N–H and O–H groups in total. The van der Waals surface area contributed by atoms with Gasteiger partial charge in [-0.25, -0.2) is 4.79 Å². The molecule has 111 heavy (non-hydrogen) atoms. The van der Waals surface area contributed by atoms with Gasteiger partial charge in [-0.15, -0.1) is 0 Å². The molecule has 0 spiro atoms. The van der Waals surface area contributed by atoms with Crippen LogP contribution in [0.4, 0.5) is 0 Å². The van der Waals surface area contributed by atoms with Gasteiger partial charge in [-0.1, -0.05) is 62.8 Å². The number of primary amides is 1. The fourth-order valence-corrected chi connectivity index (χ4v) is 11.4. The SMILES string of the molecule is CC[C@H](C)[C@H](N)C(=O)N[C@@H](C)C(=O)NC/C=C/[C@@H](Cc1ccccc1)C(=O)N[C@@H](CC[C@H](CN)O[C@@H]1O[C@H](CO)[C@H](O)[C@H](O)[C@H]1O)C(=O)NCC(=O)N[C@@H](CCC(=O)O)C(=O)N[C@@H](CCC(N)=O)C(=O)NCC(=O)N1CCC[C@H]1C(=O)N[C@@H](CCCCN)C(=O)NCC(=O)N[C@@H](CCC(=O)O)C(=O)N[C@H](C(=O)O)[C@@H](C)O. The van der Waals surface area contributed by atoms with E-state index < -0.39 is 263 Å². The van der Waals surface area contributed by atoms with Gasteiger partial charge in [0.1, 0.15) is 66.7 Å². The second-order valence-electron chi connectivity index (χ2n) is 26.9. The third-order valence-electron chi connectivity index (χ3n) is 18.2. The van der Waals surface area contributed by atoms with Gasteiger partial charge in [0.2, 0.25) is 76.8 Å². The molecule has 2 fully saturated rings. The minimum absolute atomic E-state index is 0.0200. The first kappa shape index (κ1) is 95.3. The van der Waals surface area contributed by atoms with Crippen molar-refractivity contribution in [2.24, 2.45) is 34.8 Å². The van der Waals surface area contributed by atoms with Crippen LogP contribution < -0.4 is 81.4 Å².